The first kappa shape index (κ1) is 41.0. The summed E-state index contributed by atoms with van der Waals surface area (Å²) in [7, 11) is 1.86. The van der Waals surface area contributed by atoms with Gasteiger partial charge in [0.1, 0.15) is 23.8 Å². The SMILES string of the molecule is CNCCCCCC(=O)N[C@@H](CSCC(=O)N(C[C@@H]1CNC[C@@H]1F)[C@@H](c1cc(-c2cc(F)ccc2F)cn1Cc1ccccc1)C(C)(C)C)C(=O)O. The molecule has 0 radical (unpaired) electrons. The summed E-state index contributed by atoms with van der Waals surface area (Å²) in [6.45, 7) is 7.77. The number of hydrogen-bond acceptors (Lipinski definition) is 6. The summed E-state index contributed by atoms with van der Waals surface area (Å²) in [5.41, 5.74) is 1.52. The second-order valence-corrected chi connectivity index (χ2v) is 15.6. The molecule has 284 valence electrons. The van der Waals surface area contributed by atoms with Crippen LogP contribution in [-0.4, -0.2) is 89.3 Å². The summed E-state index contributed by atoms with van der Waals surface area (Å²) in [6.07, 6.45) is 3.18. The molecule has 1 fully saturated rings. The Hall–Kier alpha value is -3.81. The number of aliphatic carboxylic acids is 1. The van der Waals surface area contributed by atoms with Crippen LogP contribution in [0.5, 0.6) is 0 Å². The lowest BCUT2D eigenvalue weighted by atomic mass is 9.82. The van der Waals surface area contributed by atoms with E-state index >= 15 is 8.78 Å². The van der Waals surface area contributed by atoms with Crippen LogP contribution >= 0.6 is 11.8 Å². The van der Waals surface area contributed by atoms with Crippen molar-refractivity contribution in [2.75, 3.05) is 44.7 Å². The number of unbranched alkanes of at least 4 members (excludes halogenated alkanes) is 2. The van der Waals surface area contributed by atoms with Crippen molar-refractivity contribution in [3.05, 3.63) is 83.7 Å². The third kappa shape index (κ3) is 11.6. The molecular formula is C39H52F3N5O4S. The summed E-state index contributed by atoms with van der Waals surface area (Å²) in [4.78, 5) is 40.6. The summed E-state index contributed by atoms with van der Waals surface area (Å²) in [5.74, 6) is -3.69. The van der Waals surface area contributed by atoms with Gasteiger partial charge in [-0.1, -0.05) is 57.5 Å². The van der Waals surface area contributed by atoms with Crippen LogP contribution in [-0.2, 0) is 20.9 Å². The maximum atomic E-state index is 15.2. The Morgan fingerprint density at radius 1 is 1.06 bits per heavy atom. The molecule has 13 heteroatoms. The van der Waals surface area contributed by atoms with Crippen LogP contribution in [0.15, 0.2) is 60.8 Å². The number of carboxylic acids is 1. The van der Waals surface area contributed by atoms with E-state index in [2.05, 4.69) is 16.0 Å². The molecule has 4 rings (SSSR count). The Bertz CT molecular complexity index is 1630. The zero-order valence-corrected chi connectivity index (χ0v) is 31.3. The lowest BCUT2D eigenvalue weighted by Gasteiger charge is -2.42. The highest BCUT2D eigenvalue weighted by Crippen LogP contribution is 2.42. The number of carboxylic acid groups (broad SMARTS) is 1. The van der Waals surface area contributed by atoms with Gasteiger partial charge in [0.25, 0.3) is 0 Å². The number of nitrogens with one attached hydrogen (secondary N) is 3. The van der Waals surface area contributed by atoms with E-state index < -0.39 is 47.2 Å². The van der Waals surface area contributed by atoms with E-state index in [4.69, 9.17) is 0 Å². The van der Waals surface area contributed by atoms with Crippen molar-refractivity contribution in [1.82, 2.24) is 25.4 Å². The largest absolute Gasteiger partial charge is 0.480 e. The third-order valence-corrected chi connectivity index (χ3v) is 10.3. The van der Waals surface area contributed by atoms with Crippen molar-refractivity contribution in [3.63, 3.8) is 0 Å². The molecule has 0 aliphatic carbocycles. The molecule has 9 nitrogen and oxygen atoms in total. The molecule has 1 aromatic heterocycles. The van der Waals surface area contributed by atoms with Crippen LogP contribution in [0.25, 0.3) is 11.1 Å². The Balaban J connectivity index is 1.64. The normalized spacial score (nSPS) is 17.1. The number of carbonyl (C=O) groups excluding carboxylic acids is 2. The van der Waals surface area contributed by atoms with E-state index in [1.54, 1.807) is 17.2 Å². The van der Waals surface area contributed by atoms with E-state index in [9.17, 15) is 23.9 Å². The third-order valence-electron chi connectivity index (χ3n) is 9.26. The fourth-order valence-electron chi connectivity index (χ4n) is 6.65. The lowest BCUT2D eigenvalue weighted by molar-refractivity contribution is -0.141. The van der Waals surface area contributed by atoms with E-state index in [0.717, 1.165) is 54.9 Å². The minimum absolute atomic E-state index is 0.0370. The smallest absolute Gasteiger partial charge is 0.327 e. The van der Waals surface area contributed by atoms with E-state index in [0.29, 0.717) is 30.8 Å². The second kappa shape index (κ2) is 19.3. The number of rotatable bonds is 19. The standard InChI is InChI=1S/C39H52F3N5O4S/c1-39(2,3)37(34-17-27(30-18-29(40)14-15-31(30)41)22-46(34)21-26-11-7-5-8-12-26)47(23-28-19-44-20-32(28)42)36(49)25-52-24-33(38(50)51)45-35(48)13-9-6-10-16-43-4/h5,7-8,11-12,14-15,17-18,22,28,32-33,37,43-44H,6,9-10,13,16,19-21,23-25H2,1-4H3,(H,45,48)(H,50,51)/t28-,32-,33-,37-/m0/s1. The molecule has 0 unspecified atom stereocenters. The average Bonchev–Trinajstić information content (AvgIpc) is 3.69. The number of halogens is 3. The van der Waals surface area contributed by atoms with Gasteiger partial charge in [-0.05, 0) is 61.7 Å². The second-order valence-electron chi connectivity index (χ2n) is 14.5. The fraction of sp³-hybridized carbons (Fsp3) is 0.513. The zero-order chi connectivity index (χ0) is 37.8. The molecular weight excluding hydrogens is 692 g/mol. The zero-order valence-electron chi connectivity index (χ0n) is 30.5. The number of benzene rings is 2. The fourth-order valence-corrected chi connectivity index (χ4v) is 7.57. The first-order chi connectivity index (χ1) is 24.8. The molecule has 2 amide bonds. The number of amides is 2. The van der Waals surface area contributed by atoms with Gasteiger partial charge in [-0.3, -0.25) is 9.59 Å². The minimum Gasteiger partial charge on any atom is -0.480 e. The van der Waals surface area contributed by atoms with Gasteiger partial charge in [-0.15, -0.1) is 11.8 Å². The topological polar surface area (TPSA) is 116 Å². The highest BCUT2D eigenvalue weighted by atomic mass is 32.2. The van der Waals surface area contributed by atoms with Crippen molar-refractivity contribution in [2.45, 2.75) is 71.3 Å². The van der Waals surface area contributed by atoms with E-state index in [1.165, 1.54) is 0 Å². The lowest BCUT2D eigenvalue weighted by Crippen LogP contribution is -2.47. The van der Waals surface area contributed by atoms with Gasteiger partial charge >= 0.3 is 5.97 Å². The maximum Gasteiger partial charge on any atom is 0.327 e. The predicted molar refractivity (Wildman–Crippen MR) is 200 cm³/mol. The Labute approximate surface area is 309 Å². The summed E-state index contributed by atoms with van der Waals surface area (Å²) in [6, 6.07) is 12.9. The predicted octanol–water partition coefficient (Wildman–Crippen LogP) is 6.04. The van der Waals surface area contributed by atoms with Crippen LogP contribution in [0, 0.1) is 23.0 Å². The van der Waals surface area contributed by atoms with Crippen molar-refractivity contribution in [1.29, 1.82) is 0 Å². The van der Waals surface area contributed by atoms with Crippen LogP contribution < -0.4 is 16.0 Å². The van der Waals surface area contributed by atoms with E-state index in [1.807, 2.05) is 62.7 Å². The van der Waals surface area contributed by atoms with Crippen LogP contribution in [0.2, 0.25) is 0 Å². The van der Waals surface area contributed by atoms with Gasteiger partial charge in [-0.25, -0.2) is 18.0 Å². The van der Waals surface area contributed by atoms with Crippen molar-refractivity contribution >= 4 is 29.5 Å². The molecule has 0 saturated carbocycles. The van der Waals surface area contributed by atoms with Gasteiger partial charge in [0.05, 0.1) is 11.8 Å². The van der Waals surface area contributed by atoms with Gasteiger partial charge in [0.2, 0.25) is 11.8 Å². The van der Waals surface area contributed by atoms with Crippen molar-refractivity contribution in [3.8, 4) is 11.1 Å². The summed E-state index contributed by atoms with van der Waals surface area (Å²) >= 11 is 1.09. The van der Waals surface area contributed by atoms with E-state index in [-0.39, 0.29) is 48.4 Å². The molecule has 0 bridgehead atoms. The Morgan fingerprint density at radius 2 is 1.81 bits per heavy atom. The number of thioether (sulfide) groups is 1. The number of nitrogens with zero attached hydrogens (tertiary/aromatic N) is 2. The van der Waals surface area contributed by atoms with Crippen LogP contribution in [0.1, 0.15) is 63.8 Å². The highest BCUT2D eigenvalue weighted by molar-refractivity contribution is 8.00. The molecule has 1 aliphatic rings. The number of hydrogen-bond donors (Lipinski definition) is 4. The minimum atomic E-state index is -1.19. The average molecular weight is 744 g/mol. The molecule has 0 spiro atoms. The molecule has 2 aromatic carbocycles. The van der Waals surface area contributed by atoms with Gasteiger partial charge in [-0.2, -0.15) is 0 Å². The quantitative estimate of drug-likeness (QED) is 0.111. The summed E-state index contributed by atoms with van der Waals surface area (Å²) < 4.78 is 46.6. The molecule has 1 saturated heterocycles. The first-order valence-corrected chi connectivity index (χ1v) is 19.0. The van der Waals surface area contributed by atoms with Crippen LogP contribution in [0.4, 0.5) is 13.2 Å². The Morgan fingerprint density at radius 3 is 2.46 bits per heavy atom. The van der Waals surface area contributed by atoms with Crippen LogP contribution in [0.3, 0.4) is 0 Å². The van der Waals surface area contributed by atoms with Crippen molar-refractivity contribution < 1.29 is 32.7 Å². The summed E-state index contributed by atoms with van der Waals surface area (Å²) in [5, 5.41) is 18.6. The maximum absolute atomic E-state index is 15.2. The highest BCUT2D eigenvalue weighted by Gasteiger charge is 2.40. The monoisotopic (exact) mass is 743 g/mol. The number of alkyl halides is 1. The van der Waals surface area contributed by atoms with Gasteiger partial charge in [0.15, 0.2) is 0 Å². The number of carbonyl (C=O) groups is 3. The molecule has 52 heavy (non-hydrogen) atoms. The molecule has 3 aromatic rings. The molecule has 1 aliphatic heterocycles. The van der Waals surface area contributed by atoms with Gasteiger partial charge in [0, 0.05) is 67.3 Å². The Kier molecular flexibility index (Phi) is 15.2. The van der Waals surface area contributed by atoms with Gasteiger partial charge < -0.3 is 30.5 Å². The molecule has 4 N–H and O–H groups in total. The molecule has 2 heterocycles. The first-order valence-electron chi connectivity index (χ1n) is 17.9. The number of aromatic nitrogens is 1. The van der Waals surface area contributed by atoms with Crippen molar-refractivity contribution in [2.24, 2.45) is 11.3 Å². The molecule has 4 atom stereocenters.